The topological polar surface area (TPSA) is 132 Å². The van der Waals surface area contributed by atoms with Crippen LogP contribution in [0.15, 0.2) is 11.9 Å². The van der Waals surface area contributed by atoms with Crippen LogP contribution in [0.3, 0.4) is 0 Å². The van der Waals surface area contributed by atoms with Crippen LogP contribution in [0, 0.1) is 18.8 Å². The van der Waals surface area contributed by atoms with E-state index in [4.69, 9.17) is 0 Å². The van der Waals surface area contributed by atoms with Crippen LogP contribution >= 0.6 is 11.3 Å². The SMILES string of the molecule is Cc1nc(C(=O)CO)c2sc(C3=C(C(=O)O)N4C(=O)[C@H]([C@@H](C)O)[C@H]4[C@H]3C)cn12. The number of thiazole rings is 1. The number of aliphatic hydroxyl groups excluding tert-OH is 2. The van der Waals surface area contributed by atoms with Crippen LogP contribution in [0.2, 0.25) is 0 Å². The first-order valence-electron chi connectivity index (χ1n) is 8.80. The van der Waals surface area contributed by atoms with Crippen molar-refractivity contribution in [1.29, 1.82) is 0 Å². The van der Waals surface area contributed by atoms with Crippen molar-refractivity contribution in [2.75, 3.05) is 6.61 Å². The minimum atomic E-state index is -1.21. The zero-order valence-electron chi connectivity index (χ0n) is 15.4. The Labute approximate surface area is 163 Å². The molecule has 28 heavy (non-hydrogen) atoms. The third kappa shape index (κ3) is 2.31. The number of nitrogens with zero attached hydrogens (tertiary/aromatic N) is 3. The Morgan fingerprint density at radius 3 is 2.64 bits per heavy atom. The molecule has 4 rings (SSSR count). The van der Waals surface area contributed by atoms with Crippen molar-refractivity contribution >= 4 is 39.4 Å². The number of aromatic nitrogens is 2. The molecule has 0 bridgehead atoms. The average molecular weight is 405 g/mol. The number of Topliss-reactive ketones (excluding diaryl/α,β-unsaturated/α-hetero) is 1. The Morgan fingerprint density at radius 1 is 1.39 bits per heavy atom. The lowest BCUT2D eigenvalue weighted by Crippen LogP contribution is -2.63. The van der Waals surface area contributed by atoms with Gasteiger partial charge in [-0.1, -0.05) is 6.92 Å². The average Bonchev–Trinajstić information content (AvgIpc) is 3.24. The van der Waals surface area contributed by atoms with E-state index in [2.05, 4.69) is 4.98 Å². The van der Waals surface area contributed by atoms with Crippen LogP contribution in [-0.4, -0.2) is 66.0 Å². The molecule has 0 aromatic carbocycles. The quantitative estimate of drug-likeness (QED) is 0.488. The Morgan fingerprint density at radius 2 is 2.07 bits per heavy atom. The van der Waals surface area contributed by atoms with Gasteiger partial charge in [0.25, 0.3) is 0 Å². The van der Waals surface area contributed by atoms with E-state index in [1.54, 1.807) is 17.5 Å². The number of hydrogen-bond donors (Lipinski definition) is 3. The second-order valence-corrected chi connectivity index (χ2v) is 8.21. The van der Waals surface area contributed by atoms with Gasteiger partial charge in [-0.25, -0.2) is 9.78 Å². The van der Waals surface area contributed by atoms with E-state index in [1.807, 2.05) is 6.92 Å². The van der Waals surface area contributed by atoms with Gasteiger partial charge >= 0.3 is 5.97 Å². The van der Waals surface area contributed by atoms with Gasteiger partial charge in [-0.05, 0) is 13.8 Å². The summed E-state index contributed by atoms with van der Waals surface area (Å²) < 4.78 is 1.69. The molecule has 1 saturated heterocycles. The number of aliphatic hydroxyl groups is 2. The number of β-lactam (4-membered cyclic amide) rings is 1. The lowest BCUT2D eigenvalue weighted by Gasteiger charge is -2.46. The summed E-state index contributed by atoms with van der Waals surface area (Å²) in [5.41, 5.74) is 0.564. The fourth-order valence-electron chi connectivity index (χ4n) is 4.30. The van der Waals surface area contributed by atoms with E-state index in [9.17, 15) is 29.7 Å². The van der Waals surface area contributed by atoms with E-state index in [0.29, 0.717) is 21.1 Å². The molecule has 2 aliphatic rings. The number of aryl methyl sites for hydroxylation is 1. The molecule has 1 amide bonds. The van der Waals surface area contributed by atoms with Gasteiger partial charge in [0, 0.05) is 17.7 Å². The summed E-state index contributed by atoms with van der Waals surface area (Å²) >= 11 is 1.20. The van der Waals surface area contributed by atoms with Crippen molar-refractivity contribution < 1.29 is 29.7 Å². The smallest absolute Gasteiger partial charge is 0.352 e. The maximum atomic E-state index is 12.5. The molecular formula is C18H19N3O6S. The maximum Gasteiger partial charge on any atom is 0.352 e. The predicted molar refractivity (Wildman–Crippen MR) is 98.7 cm³/mol. The van der Waals surface area contributed by atoms with Crippen molar-refractivity contribution in [2.24, 2.45) is 11.8 Å². The normalized spacial score (nSPS) is 25.2. The molecule has 2 aromatic heterocycles. The van der Waals surface area contributed by atoms with Crippen LogP contribution in [0.4, 0.5) is 0 Å². The van der Waals surface area contributed by atoms with Crippen LogP contribution in [0.5, 0.6) is 0 Å². The molecule has 4 atom stereocenters. The summed E-state index contributed by atoms with van der Waals surface area (Å²) in [6, 6.07) is -0.409. The molecule has 1 fully saturated rings. The first-order valence-corrected chi connectivity index (χ1v) is 9.62. The highest BCUT2D eigenvalue weighted by Crippen LogP contribution is 2.51. The van der Waals surface area contributed by atoms with Gasteiger partial charge in [-0.3, -0.25) is 14.0 Å². The highest BCUT2D eigenvalue weighted by Gasteiger charge is 2.60. The molecular weight excluding hydrogens is 386 g/mol. The molecule has 3 N–H and O–H groups in total. The Kier molecular flexibility index (Phi) is 4.18. The third-order valence-electron chi connectivity index (χ3n) is 5.54. The molecule has 4 heterocycles. The summed E-state index contributed by atoms with van der Waals surface area (Å²) in [5, 5.41) is 28.9. The van der Waals surface area contributed by atoms with E-state index >= 15 is 0 Å². The number of carboxylic acids is 1. The van der Waals surface area contributed by atoms with Crippen molar-refractivity contribution in [3.05, 3.63) is 28.3 Å². The summed E-state index contributed by atoms with van der Waals surface area (Å²) in [4.78, 5) is 43.0. The fraction of sp³-hybridized carbons (Fsp3) is 0.444. The number of carboxylic acid groups (broad SMARTS) is 1. The van der Waals surface area contributed by atoms with Crippen LogP contribution in [0.1, 0.15) is 35.0 Å². The zero-order valence-corrected chi connectivity index (χ0v) is 16.2. The number of aliphatic carboxylic acids is 1. The van der Waals surface area contributed by atoms with Crippen molar-refractivity contribution in [1.82, 2.24) is 14.3 Å². The molecule has 0 saturated carbocycles. The third-order valence-corrected chi connectivity index (χ3v) is 6.67. The minimum absolute atomic E-state index is 0.0791. The molecule has 2 aromatic rings. The van der Waals surface area contributed by atoms with Gasteiger partial charge in [0.1, 0.15) is 28.7 Å². The molecule has 148 valence electrons. The number of ketones is 1. The van der Waals surface area contributed by atoms with Gasteiger partial charge in [0.2, 0.25) is 11.7 Å². The number of hydrogen-bond acceptors (Lipinski definition) is 7. The number of rotatable bonds is 5. The highest BCUT2D eigenvalue weighted by molar-refractivity contribution is 7.18. The summed E-state index contributed by atoms with van der Waals surface area (Å²) in [5.74, 6) is -2.50. The largest absolute Gasteiger partial charge is 0.477 e. The number of fused-ring (bicyclic) bond motifs is 2. The van der Waals surface area contributed by atoms with Crippen LogP contribution in [-0.2, 0) is 9.59 Å². The lowest BCUT2D eigenvalue weighted by atomic mass is 9.77. The Bertz CT molecular complexity index is 1060. The molecule has 0 spiro atoms. The number of carbonyl (C=O) groups excluding carboxylic acids is 2. The van der Waals surface area contributed by atoms with Gasteiger partial charge in [-0.15, -0.1) is 11.3 Å². The molecule has 0 radical (unpaired) electrons. The number of imidazole rings is 1. The molecule has 0 unspecified atom stereocenters. The summed E-state index contributed by atoms with van der Waals surface area (Å²) in [6.45, 7) is 4.41. The van der Waals surface area contributed by atoms with Crippen molar-refractivity contribution in [3.63, 3.8) is 0 Å². The first-order chi connectivity index (χ1) is 13.2. The highest BCUT2D eigenvalue weighted by atomic mass is 32.1. The Hall–Kier alpha value is -2.56. The summed E-state index contributed by atoms with van der Waals surface area (Å²) in [6.07, 6.45) is 0.837. The second-order valence-electron chi connectivity index (χ2n) is 7.18. The minimum Gasteiger partial charge on any atom is -0.477 e. The Balaban J connectivity index is 1.87. The molecule has 9 nitrogen and oxygen atoms in total. The van der Waals surface area contributed by atoms with Crippen molar-refractivity contribution in [2.45, 2.75) is 32.9 Å². The van der Waals surface area contributed by atoms with E-state index < -0.39 is 42.3 Å². The van der Waals surface area contributed by atoms with Gasteiger partial charge in [-0.2, -0.15) is 0 Å². The van der Waals surface area contributed by atoms with E-state index in [0.717, 1.165) is 0 Å². The second kappa shape index (κ2) is 6.23. The van der Waals surface area contributed by atoms with E-state index in [1.165, 1.54) is 23.2 Å². The van der Waals surface area contributed by atoms with E-state index in [-0.39, 0.29) is 17.3 Å². The zero-order chi connectivity index (χ0) is 20.5. The van der Waals surface area contributed by atoms with Gasteiger partial charge in [0.15, 0.2) is 0 Å². The number of amides is 1. The standard InChI is InChI=1S/C18H19N3O6S/c1-6-11(15(18(26)27)21-14(6)12(7(2)23)16(21)25)10-4-20-8(3)19-13(9(24)5-22)17(20)28-10/h4,6-7,12,14,22-23H,5H2,1-3H3,(H,26,27)/t6-,7+,12+,14+/m0/s1. The summed E-state index contributed by atoms with van der Waals surface area (Å²) in [7, 11) is 0. The predicted octanol–water partition coefficient (Wildman–Crippen LogP) is 0.532. The van der Waals surface area contributed by atoms with Crippen LogP contribution < -0.4 is 0 Å². The van der Waals surface area contributed by atoms with Gasteiger partial charge < -0.3 is 20.2 Å². The fourth-order valence-corrected chi connectivity index (χ4v) is 5.59. The molecule has 2 aliphatic heterocycles. The molecule has 0 aliphatic carbocycles. The van der Waals surface area contributed by atoms with Crippen LogP contribution in [0.25, 0.3) is 10.4 Å². The van der Waals surface area contributed by atoms with Gasteiger partial charge in [0.05, 0.1) is 22.9 Å². The molecule has 10 heteroatoms. The van der Waals surface area contributed by atoms with Crippen molar-refractivity contribution in [3.8, 4) is 0 Å². The first kappa shape index (κ1) is 18.8. The monoisotopic (exact) mass is 405 g/mol. The maximum absolute atomic E-state index is 12.5. The lowest BCUT2D eigenvalue weighted by molar-refractivity contribution is -0.163. The number of carbonyl (C=O) groups is 3.